The number of ether oxygens (including phenoxy) is 2. The zero-order chi connectivity index (χ0) is 23.4. The lowest BCUT2D eigenvalue weighted by Gasteiger charge is -2.31. The average molecular weight is 474 g/mol. The maximum absolute atomic E-state index is 13.2. The van der Waals surface area contributed by atoms with E-state index >= 15 is 0 Å². The zero-order valence-electron chi connectivity index (χ0n) is 18.2. The molecule has 176 valence electrons. The quantitative estimate of drug-likeness (QED) is 0.503. The highest BCUT2D eigenvalue weighted by Crippen LogP contribution is 2.30. The van der Waals surface area contributed by atoms with Crippen LogP contribution in [0.25, 0.3) is 0 Å². The van der Waals surface area contributed by atoms with Crippen molar-refractivity contribution in [2.24, 2.45) is 5.73 Å². The molecule has 0 bridgehead atoms. The second-order valence-corrected chi connectivity index (χ2v) is 9.96. The number of nitrogens with zero attached hydrogens (tertiary/aromatic N) is 2. The lowest BCUT2D eigenvalue weighted by Crippen LogP contribution is -2.40. The molecular formula is C23H27N3O6S. The molecule has 0 aliphatic carbocycles. The van der Waals surface area contributed by atoms with Crippen molar-refractivity contribution in [1.82, 2.24) is 4.31 Å². The molecule has 2 fully saturated rings. The molecule has 2 aromatic rings. The standard InChI is InChI=1S/C23H27N3O6S/c24-22(27)17-5-4-6-18(15-17)32-23(28)20-16-19(33(29,30)26-11-13-31-14-12-26)7-8-21(20)25-9-2-1-3-10-25/h4-8,15-16H,1-3,9-14H2,(H2,24,27). The summed E-state index contributed by atoms with van der Waals surface area (Å²) in [6, 6.07) is 10.6. The summed E-state index contributed by atoms with van der Waals surface area (Å²) in [7, 11) is -3.79. The summed E-state index contributed by atoms with van der Waals surface area (Å²) in [5.41, 5.74) is 6.32. The van der Waals surface area contributed by atoms with Crippen LogP contribution in [0.5, 0.6) is 5.75 Å². The van der Waals surface area contributed by atoms with Crippen LogP contribution in [0.2, 0.25) is 0 Å². The van der Waals surface area contributed by atoms with Gasteiger partial charge < -0.3 is 20.1 Å². The summed E-state index contributed by atoms with van der Waals surface area (Å²) in [6.45, 7) is 2.72. The van der Waals surface area contributed by atoms with Crippen LogP contribution in [0.4, 0.5) is 5.69 Å². The first-order valence-electron chi connectivity index (χ1n) is 11.0. The van der Waals surface area contributed by atoms with Crippen LogP contribution in [0, 0.1) is 0 Å². The Morgan fingerprint density at radius 3 is 2.36 bits per heavy atom. The second-order valence-electron chi connectivity index (χ2n) is 8.02. The van der Waals surface area contributed by atoms with Gasteiger partial charge in [0, 0.05) is 31.7 Å². The van der Waals surface area contributed by atoms with E-state index in [9.17, 15) is 18.0 Å². The molecule has 2 aliphatic rings. The van der Waals surface area contributed by atoms with Crippen molar-refractivity contribution in [2.75, 3.05) is 44.3 Å². The first-order valence-corrected chi connectivity index (χ1v) is 12.4. The molecule has 0 aromatic heterocycles. The summed E-state index contributed by atoms with van der Waals surface area (Å²) in [4.78, 5) is 26.8. The van der Waals surface area contributed by atoms with E-state index < -0.39 is 21.9 Å². The first kappa shape index (κ1) is 23.2. The molecule has 0 spiro atoms. The summed E-state index contributed by atoms with van der Waals surface area (Å²) in [6.07, 6.45) is 3.09. The van der Waals surface area contributed by atoms with Gasteiger partial charge in [-0.2, -0.15) is 4.31 Å². The number of carbonyl (C=O) groups excluding carboxylic acids is 2. The van der Waals surface area contributed by atoms with E-state index in [2.05, 4.69) is 4.90 Å². The van der Waals surface area contributed by atoms with Gasteiger partial charge in [0.05, 0.1) is 29.4 Å². The van der Waals surface area contributed by atoms with Gasteiger partial charge in [-0.25, -0.2) is 13.2 Å². The van der Waals surface area contributed by atoms with Crippen molar-refractivity contribution < 1.29 is 27.5 Å². The second kappa shape index (κ2) is 9.90. The Balaban J connectivity index is 1.69. The number of esters is 1. The number of sulfonamides is 1. The number of hydrogen-bond acceptors (Lipinski definition) is 7. The predicted octanol–water partition coefficient (Wildman–Crippen LogP) is 2.02. The molecule has 10 heteroatoms. The summed E-state index contributed by atoms with van der Waals surface area (Å²) < 4.78 is 38.5. The van der Waals surface area contributed by atoms with E-state index in [0.717, 1.165) is 32.4 Å². The number of carbonyl (C=O) groups is 2. The molecule has 2 heterocycles. The maximum atomic E-state index is 13.2. The van der Waals surface area contributed by atoms with Gasteiger partial charge in [-0.1, -0.05) is 6.07 Å². The molecule has 2 aliphatic heterocycles. The highest BCUT2D eigenvalue weighted by molar-refractivity contribution is 7.89. The number of nitrogens with two attached hydrogens (primary N) is 1. The largest absolute Gasteiger partial charge is 0.423 e. The third-order valence-electron chi connectivity index (χ3n) is 5.82. The zero-order valence-corrected chi connectivity index (χ0v) is 19.1. The minimum atomic E-state index is -3.79. The van der Waals surface area contributed by atoms with E-state index in [1.54, 1.807) is 24.3 Å². The Kier molecular flexibility index (Phi) is 6.96. The van der Waals surface area contributed by atoms with Crippen LogP contribution in [0.15, 0.2) is 47.4 Å². The molecule has 4 rings (SSSR count). The first-order chi connectivity index (χ1) is 15.9. The molecule has 0 unspecified atom stereocenters. The highest BCUT2D eigenvalue weighted by atomic mass is 32.2. The topological polar surface area (TPSA) is 119 Å². The van der Waals surface area contributed by atoms with Gasteiger partial charge in [-0.3, -0.25) is 4.79 Å². The third kappa shape index (κ3) is 5.18. The minimum absolute atomic E-state index is 0.0306. The number of piperidine rings is 1. The summed E-state index contributed by atoms with van der Waals surface area (Å²) >= 11 is 0. The molecule has 0 saturated carbocycles. The highest BCUT2D eigenvalue weighted by Gasteiger charge is 2.29. The van der Waals surface area contributed by atoms with Gasteiger partial charge in [0.25, 0.3) is 0 Å². The van der Waals surface area contributed by atoms with Gasteiger partial charge >= 0.3 is 5.97 Å². The van der Waals surface area contributed by atoms with E-state index in [-0.39, 0.29) is 34.9 Å². The number of morpholine rings is 1. The van der Waals surface area contributed by atoms with Crippen molar-refractivity contribution >= 4 is 27.6 Å². The van der Waals surface area contributed by atoms with E-state index in [0.29, 0.717) is 18.9 Å². The lowest BCUT2D eigenvalue weighted by molar-refractivity contribution is 0.0727. The van der Waals surface area contributed by atoms with Gasteiger partial charge in [-0.15, -0.1) is 0 Å². The number of hydrogen-bond donors (Lipinski definition) is 1. The van der Waals surface area contributed by atoms with Crippen molar-refractivity contribution in [3.05, 3.63) is 53.6 Å². The fourth-order valence-electron chi connectivity index (χ4n) is 4.06. The Morgan fingerprint density at radius 1 is 0.939 bits per heavy atom. The lowest BCUT2D eigenvalue weighted by atomic mass is 10.1. The number of benzene rings is 2. The minimum Gasteiger partial charge on any atom is -0.423 e. The average Bonchev–Trinajstić information content (AvgIpc) is 2.85. The molecule has 9 nitrogen and oxygen atoms in total. The fourth-order valence-corrected chi connectivity index (χ4v) is 5.50. The Labute approximate surface area is 193 Å². The van der Waals surface area contributed by atoms with E-state index in [4.69, 9.17) is 15.2 Å². The molecule has 33 heavy (non-hydrogen) atoms. The van der Waals surface area contributed by atoms with Crippen molar-refractivity contribution in [2.45, 2.75) is 24.2 Å². The van der Waals surface area contributed by atoms with Gasteiger partial charge in [-0.05, 0) is 55.7 Å². The van der Waals surface area contributed by atoms with Crippen LogP contribution in [0.1, 0.15) is 40.0 Å². The molecule has 0 atom stereocenters. The molecule has 2 N–H and O–H groups in total. The van der Waals surface area contributed by atoms with Crippen LogP contribution in [-0.2, 0) is 14.8 Å². The Bertz CT molecular complexity index is 1140. The van der Waals surface area contributed by atoms with Gasteiger partial charge in [0.2, 0.25) is 15.9 Å². The van der Waals surface area contributed by atoms with E-state index in [1.807, 2.05) is 0 Å². The summed E-state index contributed by atoms with van der Waals surface area (Å²) in [5.74, 6) is -1.18. The van der Waals surface area contributed by atoms with Crippen molar-refractivity contribution in [3.8, 4) is 5.75 Å². The number of anilines is 1. The SMILES string of the molecule is NC(=O)c1cccc(OC(=O)c2cc(S(=O)(=O)N3CCOCC3)ccc2N2CCCCC2)c1. The third-order valence-corrected chi connectivity index (χ3v) is 7.72. The summed E-state index contributed by atoms with van der Waals surface area (Å²) in [5, 5.41) is 0. The smallest absolute Gasteiger partial charge is 0.345 e. The normalized spacial score (nSPS) is 17.5. The Hall–Kier alpha value is -2.95. The number of primary amides is 1. The molecule has 0 radical (unpaired) electrons. The van der Waals surface area contributed by atoms with Gasteiger partial charge in [0.15, 0.2) is 0 Å². The van der Waals surface area contributed by atoms with Crippen LogP contribution in [0.3, 0.4) is 0 Å². The van der Waals surface area contributed by atoms with Gasteiger partial charge in [0.1, 0.15) is 5.75 Å². The molecule has 2 saturated heterocycles. The van der Waals surface area contributed by atoms with Crippen LogP contribution in [-0.4, -0.2) is 64.0 Å². The van der Waals surface area contributed by atoms with Crippen molar-refractivity contribution in [3.63, 3.8) is 0 Å². The maximum Gasteiger partial charge on any atom is 0.345 e. The molecule has 1 amide bonds. The van der Waals surface area contributed by atoms with E-state index in [1.165, 1.54) is 22.5 Å². The Morgan fingerprint density at radius 2 is 1.67 bits per heavy atom. The van der Waals surface area contributed by atoms with Crippen LogP contribution < -0.4 is 15.4 Å². The fraction of sp³-hybridized carbons (Fsp3) is 0.391. The van der Waals surface area contributed by atoms with Crippen LogP contribution >= 0.6 is 0 Å². The predicted molar refractivity (Wildman–Crippen MR) is 122 cm³/mol. The molecule has 2 aromatic carbocycles. The number of rotatable bonds is 6. The monoisotopic (exact) mass is 473 g/mol. The number of amides is 1. The van der Waals surface area contributed by atoms with Crippen molar-refractivity contribution in [1.29, 1.82) is 0 Å². The molecular weight excluding hydrogens is 446 g/mol.